The van der Waals surface area contributed by atoms with Crippen molar-refractivity contribution in [3.8, 4) is 0 Å². The summed E-state index contributed by atoms with van der Waals surface area (Å²) >= 11 is 1.61. The van der Waals surface area contributed by atoms with Crippen molar-refractivity contribution in [3.05, 3.63) is 34.9 Å². The second-order valence-corrected chi connectivity index (χ2v) is 11.9. The number of benzene rings is 1. The summed E-state index contributed by atoms with van der Waals surface area (Å²) in [6, 6.07) is 4.38. The Morgan fingerprint density at radius 2 is 1.68 bits per heavy atom. The molecule has 0 saturated heterocycles. The van der Waals surface area contributed by atoms with Crippen LogP contribution in [-0.2, 0) is 14.3 Å². The minimum atomic E-state index is -0.791. The zero-order valence-electron chi connectivity index (χ0n) is 24.9. The molecule has 1 aromatic carbocycles. The van der Waals surface area contributed by atoms with Crippen LogP contribution in [0.3, 0.4) is 0 Å². The normalized spacial score (nSPS) is 12.9. The number of nitrogens with one attached hydrogen (secondary N) is 2. The van der Waals surface area contributed by atoms with Gasteiger partial charge in [0.25, 0.3) is 0 Å². The minimum Gasteiger partial charge on any atom is -0.444 e. The van der Waals surface area contributed by atoms with Crippen molar-refractivity contribution in [3.63, 3.8) is 0 Å². The lowest BCUT2D eigenvalue weighted by atomic mass is 9.97. The van der Waals surface area contributed by atoms with E-state index in [0.717, 1.165) is 55.2 Å². The molecule has 2 atom stereocenters. The molecule has 0 saturated carbocycles. The molecule has 1 rings (SSSR count). The first-order chi connectivity index (χ1) is 17.9. The number of hydrogen-bond acceptors (Lipinski definition) is 5. The van der Waals surface area contributed by atoms with Gasteiger partial charge in [-0.05, 0) is 82.6 Å². The molecule has 1 aromatic rings. The molecule has 0 bridgehead atoms. The smallest absolute Gasteiger partial charge is 0.408 e. The van der Waals surface area contributed by atoms with Gasteiger partial charge in [0, 0.05) is 13.1 Å². The molecule has 0 radical (unpaired) electrons. The van der Waals surface area contributed by atoms with Crippen molar-refractivity contribution >= 4 is 29.7 Å². The predicted octanol–water partition coefficient (Wildman–Crippen LogP) is 6.32. The van der Waals surface area contributed by atoms with Crippen molar-refractivity contribution in [1.82, 2.24) is 15.5 Å². The first-order valence-electron chi connectivity index (χ1n) is 14.1. The highest BCUT2D eigenvalue weighted by molar-refractivity contribution is 7.98. The van der Waals surface area contributed by atoms with Gasteiger partial charge in [0.05, 0.1) is 0 Å². The molecule has 0 aliphatic carbocycles. The number of nitrogens with zero attached hydrogens (tertiary/aromatic N) is 1. The van der Waals surface area contributed by atoms with Gasteiger partial charge >= 0.3 is 6.09 Å². The Bertz CT molecular complexity index is 885. The van der Waals surface area contributed by atoms with Crippen molar-refractivity contribution in [2.45, 2.75) is 111 Å². The fourth-order valence-corrected chi connectivity index (χ4v) is 4.58. The number of rotatable bonds is 16. The Labute approximate surface area is 235 Å². The third-order valence-corrected chi connectivity index (χ3v) is 7.02. The minimum absolute atomic E-state index is 0.188. The van der Waals surface area contributed by atoms with Crippen molar-refractivity contribution < 1.29 is 19.1 Å². The Kier molecular flexibility index (Phi) is 15.5. The van der Waals surface area contributed by atoms with Crippen LogP contribution in [0.1, 0.15) is 102 Å². The highest BCUT2D eigenvalue weighted by atomic mass is 32.2. The van der Waals surface area contributed by atoms with E-state index in [1.807, 2.05) is 38.3 Å². The molecule has 2 unspecified atom stereocenters. The maximum Gasteiger partial charge on any atom is 0.408 e. The van der Waals surface area contributed by atoms with Gasteiger partial charge in [-0.3, -0.25) is 9.59 Å². The predicted molar refractivity (Wildman–Crippen MR) is 159 cm³/mol. The lowest BCUT2D eigenvalue weighted by Gasteiger charge is -2.35. The van der Waals surface area contributed by atoms with Crippen LogP contribution in [0, 0.1) is 13.8 Å². The van der Waals surface area contributed by atoms with E-state index in [2.05, 4.69) is 24.5 Å². The van der Waals surface area contributed by atoms with Gasteiger partial charge in [0.15, 0.2) is 0 Å². The first-order valence-corrected chi connectivity index (χ1v) is 15.5. The van der Waals surface area contributed by atoms with E-state index in [4.69, 9.17) is 4.74 Å². The number of aryl methyl sites for hydroxylation is 2. The highest BCUT2D eigenvalue weighted by Gasteiger charge is 2.36. The van der Waals surface area contributed by atoms with Crippen LogP contribution in [0.25, 0.3) is 0 Å². The zero-order valence-corrected chi connectivity index (χ0v) is 25.8. The van der Waals surface area contributed by atoms with Crippen LogP contribution in [0.5, 0.6) is 0 Å². The summed E-state index contributed by atoms with van der Waals surface area (Å²) in [7, 11) is 0. The molecule has 0 heterocycles. The number of thioether (sulfide) groups is 1. The van der Waals surface area contributed by atoms with Gasteiger partial charge < -0.3 is 20.3 Å². The summed E-state index contributed by atoms with van der Waals surface area (Å²) in [5, 5.41) is 5.87. The van der Waals surface area contributed by atoms with Crippen LogP contribution < -0.4 is 10.6 Å². The van der Waals surface area contributed by atoms with Crippen LogP contribution in [0.2, 0.25) is 0 Å². The van der Waals surface area contributed by atoms with Crippen LogP contribution in [0.15, 0.2) is 18.2 Å². The third-order valence-electron chi connectivity index (χ3n) is 6.37. The number of ether oxygens (including phenoxy) is 1. The quantitative estimate of drug-likeness (QED) is 0.236. The second-order valence-electron chi connectivity index (χ2n) is 11.0. The monoisotopic (exact) mass is 549 g/mol. The number of amides is 3. The summed E-state index contributed by atoms with van der Waals surface area (Å²) in [6.45, 7) is 14.6. The fraction of sp³-hybridized carbons (Fsp3) is 0.700. The summed E-state index contributed by atoms with van der Waals surface area (Å²) in [6.07, 6.45) is 7.50. The van der Waals surface area contributed by atoms with Gasteiger partial charge in [0.1, 0.15) is 17.7 Å². The molecule has 0 spiro atoms. The summed E-state index contributed by atoms with van der Waals surface area (Å²) in [5.41, 5.74) is 2.30. The van der Waals surface area contributed by atoms with Crippen LogP contribution >= 0.6 is 11.8 Å². The van der Waals surface area contributed by atoms with Crippen molar-refractivity contribution in [1.29, 1.82) is 0 Å². The number of hydrogen-bond donors (Lipinski definition) is 2. The molecule has 0 aliphatic rings. The Balaban J connectivity index is 3.47. The molecular formula is C30H51N3O4S. The standard InChI is InChI=1S/C30H51N3O4S/c1-9-11-13-14-19-33(28(35)25(17-20-38-8)32-29(36)37-30(5,6)7)26(27(34)31-18-12-10-2)24-16-15-22(3)23(4)21-24/h15-16,21,25-26H,9-14,17-20H2,1-8H3,(H,31,34)(H,32,36). The summed E-state index contributed by atoms with van der Waals surface area (Å²) in [5.74, 6) is 0.245. The third kappa shape index (κ3) is 12.1. The van der Waals surface area contributed by atoms with Crippen molar-refractivity contribution in [2.75, 3.05) is 25.1 Å². The fourth-order valence-electron chi connectivity index (χ4n) is 4.11. The topological polar surface area (TPSA) is 87.7 Å². The average Bonchev–Trinajstić information content (AvgIpc) is 2.84. The van der Waals surface area contributed by atoms with Crippen LogP contribution in [0.4, 0.5) is 4.79 Å². The molecule has 0 fully saturated rings. The number of alkyl carbamates (subject to hydrolysis) is 1. The van der Waals surface area contributed by atoms with Crippen LogP contribution in [-0.4, -0.2) is 59.5 Å². The van der Waals surface area contributed by atoms with Gasteiger partial charge in [-0.25, -0.2) is 4.79 Å². The highest BCUT2D eigenvalue weighted by Crippen LogP contribution is 2.26. The number of unbranched alkanes of at least 4 members (excludes halogenated alkanes) is 4. The Hall–Kier alpha value is -2.22. The van der Waals surface area contributed by atoms with E-state index in [1.165, 1.54) is 0 Å². The lowest BCUT2D eigenvalue weighted by molar-refractivity contribution is -0.142. The molecule has 2 N–H and O–H groups in total. The molecule has 7 nitrogen and oxygen atoms in total. The molecular weight excluding hydrogens is 498 g/mol. The Morgan fingerprint density at radius 1 is 1.00 bits per heavy atom. The molecule has 0 aliphatic heterocycles. The van der Waals surface area contributed by atoms with E-state index < -0.39 is 23.8 Å². The SMILES string of the molecule is CCCCCCN(C(=O)C(CCSC)NC(=O)OC(C)(C)C)C(C(=O)NCCCC)c1ccc(C)c(C)c1. The zero-order chi connectivity index (χ0) is 28.7. The van der Waals surface area contributed by atoms with Gasteiger partial charge in [-0.2, -0.15) is 11.8 Å². The lowest BCUT2D eigenvalue weighted by Crippen LogP contribution is -2.53. The Morgan fingerprint density at radius 3 is 2.26 bits per heavy atom. The summed E-state index contributed by atoms with van der Waals surface area (Å²) in [4.78, 5) is 42.2. The maximum absolute atomic E-state index is 14.2. The number of carbonyl (C=O) groups excluding carboxylic acids is 3. The molecule has 38 heavy (non-hydrogen) atoms. The van der Waals surface area contributed by atoms with E-state index >= 15 is 0 Å². The van der Waals surface area contributed by atoms with E-state index in [0.29, 0.717) is 25.3 Å². The van der Waals surface area contributed by atoms with E-state index in [1.54, 1.807) is 37.4 Å². The molecule has 0 aromatic heterocycles. The maximum atomic E-state index is 14.2. The average molecular weight is 550 g/mol. The van der Waals surface area contributed by atoms with Gasteiger partial charge in [-0.1, -0.05) is 57.7 Å². The number of carbonyl (C=O) groups is 3. The van der Waals surface area contributed by atoms with Gasteiger partial charge in [-0.15, -0.1) is 0 Å². The second kappa shape index (κ2) is 17.4. The largest absolute Gasteiger partial charge is 0.444 e. The first kappa shape index (κ1) is 33.8. The summed E-state index contributed by atoms with van der Waals surface area (Å²) < 4.78 is 5.47. The van der Waals surface area contributed by atoms with Gasteiger partial charge in [0.2, 0.25) is 11.8 Å². The molecule has 216 valence electrons. The molecule has 3 amide bonds. The van der Waals surface area contributed by atoms with E-state index in [9.17, 15) is 14.4 Å². The van der Waals surface area contributed by atoms with E-state index in [-0.39, 0.29) is 11.8 Å². The molecule has 8 heteroatoms. The van der Waals surface area contributed by atoms with Crippen molar-refractivity contribution in [2.24, 2.45) is 0 Å².